The molecule has 7 heteroatoms. The number of carbonyl (C=O) groups is 1. The van der Waals surface area contributed by atoms with Crippen LogP contribution in [0, 0.1) is 10.1 Å². The van der Waals surface area contributed by atoms with Crippen molar-refractivity contribution >= 4 is 23.4 Å². The highest BCUT2D eigenvalue weighted by Crippen LogP contribution is 2.27. The minimum atomic E-state index is -0.757. The van der Waals surface area contributed by atoms with Crippen LogP contribution in [0.25, 0.3) is 0 Å². The lowest BCUT2D eigenvalue weighted by molar-refractivity contribution is -0.384. The van der Waals surface area contributed by atoms with Crippen LogP contribution in [0.3, 0.4) is 0 Å². The molecule has 0 radical (unpaired) electrons. The second-order valence-corrected chi connectivity index (χ2v) is 2.53. The molecule has 0 saturated heterocycles. The summed E-state index contributed by atoms with van der Waals surface area (Å²) in [6.45, 7) is 0. The Balaban J connectivity index is 3.39. The molecule has 15 heavy (non-hydrogen) atoms. The zero-order valence-electron chi connectivity index (χ0n) is 7.34. The van der Waals surface area contributed by atoms with Crippen LogP contribution in [0.15, 0.2) is 23.2 Å². The number of nitro benzene ring substituents is 1. The van der Waals surface area contributed by atoms with E-state index in [-0.39, 0.29) is 16.9 Å². The summed E-state index contributed by atoms with van der Waals surface area (Å²) in [5.41, 5.74) is 4.36. The summed E-state index contributed by atoms with van der Waals surface area (Å²) in [6.07, 6.45) is 1.16. The van der Waals surface area contributed by atoms with Crippen LogP contribution in [0.2, 0.25) is 0 Å². The van der Waals surface area contributed by atoms with Gasteiger partial charge in [0.05, 0.1) is 4.92 Å². The average Bonchev–Trinajstić information content (AvgIpc) is 2.17. The summed E-state index contributed by atoms with van der Waals surface area (Å²) in [6, 6.07) is 3.30. The van der Waals surface area contributed by atoms with Gasteiger partial charge in [0.1, 0.15) is 0 Å². The maximum atomic E-state index is 10.8. The van der Waals surface area contributed by atoms with Gasteiger partial charge in [-0.1, -0.05) is 0 Å². The Morgan fingerprint density at radius 2 is 2.20 bits per heavy atom. The number of benzene rings is 1. The van der Waals surface area contributed by atoms with Crippen molar-refractivity contribution in [2.75, 3.05) is 0 Å². The number of nitrogens with two attached hydrogens (primary N) is 1. The van der Waals surface area contributed by atoms with E-state index in [0.717, 1.165) is 18.2 Å². The molecular weight excluding hydrogens is 202 g/mol. The number of aliphatic imine (C=N–C) groups is 1. The normalized spacial score (nSPS) is 9.07. The van der Waals surface area contributed by atoms with Crippen molar-refractivity contribution in [3.63, 3.8) is 0 Å². The summed E-state index contributed by atoms with van der Waals surface area (Å²) < 4.78 is 0. The molecule has 0 bridgehead atoms. The Bertz CT molecular complexity index is 477. The lowest BCUT2D eigenvalue weighted by Crippen LogP contribution is -2.10. The van der Waals surface area contributed by atoms with Gasteiger partial charge < -0.3 is 5.73 Å². The van der Waals surface area contributed by atoms with Gasteiger partial charge in [-0.3, -0.25) is 14.9 Å². The molecule has 1 rings (SSSR count). The van der Waals surface area contributed by atoms with E-state index in [4.69, 9.17) is 5.73 Å². The van der Waals surface area contributed by atoms with E-state index in [1.807, 2.05) is 0 Å². The number of hydrogen-bond acceptors (Lipinski definition) is 5. The lowest BCUT2D eigenvalue weighted by Gasteiger charge is -1.97. The molecule has 0 aliphatic rings. The molecule has 76 valence electrons. The van der Waals surface area contributed by atoms with E-state index < -0.39 is 10.8 Å². The number of nitro groups is 1. The molecule has 0 saturated carbocycles. The molecule has 1 amide bonds. The van der Waals surface area contributed by atoms with E-state index in [2.05, 4.69) is 4.99 Å². The maximum absolute atomic E-state index is 10.8. The van der Waals surface area contributed by atoms with Crippen molar-refractivity contribution in [3.05, 3.63) is 33.9 Å². The van der Waals surface area contributed by atoms with E-state index in [0.29, 0.717) is 0 Å². The van der Waals surface area contributed by atoms with Crippen LogP contribution in [0.5, 0.6) is 0 Å². The molecule has 0 unspecified atom stereocenters. The number of hydrogen-bond donors (Lipinski definition) is 1. The summed E-state index contributed by atoms with van der Waals surface area (Å²) in [4.78, 5) is 33.6. The van der Waals surface area contributed by atoms with Gasteiger partial charge in [0.15, 0.2) is 5.69 Å². The second-order valence-electron chi connectivity index (χ2n) is 2.53. The Morgan fingerprint density at radius 1 is 1.53 bits per heavy atom. The largest absolute Gasteiger partial charge is 0.366 e. The molecule has 0 spiro atoms. The number of carbonyl (C=O) groups excluding carboxylic acids is 2. The van der Waals surface area contributed by atoms with Crippen LogP contribution in [0.1, 0.15) is 10.4 Å². The van der Waals surface area contributed by atoms with Crippen LogP contribution in [0.4, 0.5) is 11.4 Å². The molecule has 0 fully saturated rings. The van der Waals surface area contributed by atoms with E-state index >= 15 is 0 Å². The summed E-state index contributed by atoms with van der Waals surface area (Å²) in [5.74, 6) is -0.757. The first-order valence-corrected chi connectivity index (χ1v) is 3.72. The topological polar surface area (TPSA) is 116 Å². The lowest BCUT2D eigenvalue weighted by atomic mass is 10.1. The van der Waals surface area contributed by atoms with Crippen molar-refractivity contribution in [3.8, 4) is 0 Å². The molecule has 0 aliphatic heterocycles. The highest BCUT2D eigenvalue weighted by Gasteiger charge is 2.15. The molecule has 2 N–H and O–H groups in total. The number of isocyanates is 1. The molecule has 0 heterocycles. The molecule has 1 aromatic carbocycles. The van der Waals surface area contributed by atoms with Crippen LogP contribution >= 0.6 is 0 Å². The molecule has 1 aromatic rings. The highest BCUT2D eigenvalue weighted by atomic mass is 16.6. The summed E-state index contributed by atoms with van der Waals surface area (Å²) in [5, 5.41) is 10.5. The summed E-state index contributed by atoms with van der Waals surface area (Å²) >= 11 is 0. The van der Waals surface area contributed by atoms with Gasteiger partial charge in [-0.25, -0.2) is 4.79 Å². The zero-order chi connectivity index (χ0) is 11.4. The third kappa shape index (κ3) is 2.23. The number of amides is 1. The number of nitrogens with zero attached hydrogens (tertiary/aromatic N) is 2. The van der Waals surface area contributed by atoms with Gasteiger partial charge in [-0.05, 0) is 12.1 Å². The molecule has 7 nitrogen and oxygen atoms in total. The molecule has 0 aliphatic carbocycles. The predicted molar refractivity (Wildman–Crippen MR) is 49.4 cm³/mol. The van der Waals surface area contributed by atoms with Crippen LogP contribution in [-0.2, 0) is 4.79 Å². The first-order valence-electron chi connectivity index (χ1n) is 3.72. The quantitative estimate of drug-likeness (QED) is 0.339. The van der Waals surface area contributed by atoms with Gasteiger partial charge in [0.25, 0.3) is 5.69 Å². The van der Waals surface area contributed by atoms with Crippen molar-refractivity contribution in [1.82, 2.24) is 0 Å². The fourth-order valence-corrected chi connectivity index (χ4v) is 0.970. The van der Waals surface area contributed by atoms with Crippen molar-refractivity contribution in [2.24, 2.45) is 10.7 Å². The Hall–Kier alpha value is -2.53. The van der Waals surface area contributed by atoms with Gasteiger partial charge in [0.2, 0.25) is 12.0 Å². The summed E-state index contributed by atoms with van der Waals surface area (Å²) in [7, 11) is 0. The fourth-order valence-electron chi connectivity index (χ4n) is 0.970. The highest BCUT2D eigenvalue weighted by molar-refractivity contribution is 5.94. The Kier molecular flexibility index (Phi) is 2.90. The Labute approximate surface area is 83.4 Å². The zero-order valence-corrected chi connectivity index (χ0v) is 7.34. The van der Waals surface area contributed by atoms with E-state index in [1.54, 1.807) is 0 Å². The molecule has 0 aromatic heterocycles. The minimum Gasteiger partial charge on any atom is -0.366 e. The van der Waals surface area contributed by atoms with Gasteiger partial charge in [0, 0.05) is 11.6 Å². The smallest absolute Gasteiger partial charge is 0.295 e. The Morgan fingerprint density at radius 3 is 2.67 bits per heavy atom. The minimum absolute atomic E-state index is 0.0367. The van der Waals surface area contributed by atoms with Crippen molar-refractivity contribution < 1.29 is 14.5 Å². The van der Waals surface area contributed by atoms with Crippen LogP contribution < -0.4 is 5.73 Å². The first kappa shape index (κ1) is 10.6. The van der Waals surface area contributed by atoms with Crippen molar-refractivity contribution in [1.29, 1.82) is 0 Å². The molecule has 0 atom stereocenters. The monoisotopic (exact) mass is 207 g/mol. The third-order valence-electron chi connectivity index (χ3n) is 1.62. The first-order chi connectivity index (χ1) is 7.06. The fraction of sp³-hybridized carbons (Fsp3) is 0. The number of primary amides is 1. The average molecular weight is 207 g/mol. The molecular formula is C8H5N3O4. The van der Waals surface area contributed by atoms with Gasteiger partial charge in [-0.2, -0.15) is 4.99 Å². The SMILES string of the molecule is NC(=O)c1ccc([N+](=O)[O-])c(N=C=O)c1. The van der Waals surface area contributed by atoms with Crippen LogP contribution in [-0.4, -0.2) is 16.9 Å². The second kappa shape index (κ2) is 4.12. The third-order valence-corrected chi connectivity index (χ3v) is 1.62. The maximum Gasteiger partial charge on any atom is 0.295 e. The van der Waals surface area contributed by atoms with E-state index in [9.17, 15) is 19.7 Å². The van der Waals surface area contributed by atoms with Gasteiger partial charge >= 0.3 is 0 Å². The predicted octanol–water partition coefficient (Wildman–Crippen LogP) is 0.661. The van der Waals surface area contributed by atoms with Gasteiger partial charge in [-0.15, -0.1) is 0 Å². The van der Waals surface area contributed by atoms with E-state index in [1.165, 1.54) is 6.07 Å². The standard InChI is InChI=1S/C8H5N3O4/c9-8(13)5-1-2-7(11(14)15)6(3-5)10-4-12/h1-3H,(H2,9,13). The number of rotatable bonds is 3. The van der Waals surface area contributed by atoms with Crippen molar-refractivity contribution in [2.45, 2.75) is 0 Å².